The third kappa shape index (κ3) is 4.54. The summed E-state index contributed by atoms with van der Waals surface area (Å²) in [5.74, 6) is 0.288. The number of carbonyl (C=O) groups excluding carboxylic acids is 1. The van der Waals surface area contributed by atoms with Crippen LogP contribution in [-0.2, 0) is 16.1 Å². The Hall–Kier alpha value is -3.48. The van der Waals surface area contributed by atoms with Gasteiger partial charge in [0, 0.05) is 11.6 Å². The van der Waals surface area contributed by atoms with E-state index in [1.807, 2.05) is 12.1 Å². The molecule has 2 aromatic carbocycles. The average molecular weight is 354 g/mol. The first-order valence-corrected chi connectivity index (χ1v) is 7.71. The molecule has 0 aliphatic rings. The van der Waals surface area contributed by atoms with E-state index in [4.69, 9.17) is 14.0 Å². The topological polar surface area (TPSA) is 74.5 Å². The van der Waals surface area contributed by atoms with E-state index >= 15 is 0 Å². The predicted octanol–water partition coefficient (Wildman–Crippen LogP) is 3.64. The minimum atomic E-state index is -0.539. The molecule has 0 saturated heterocycles. The standard InChI is InChI=1S/C19H15FN2O4/c1-24-16-9-2-13(3-10-16)4-11-18(23)25-12-17-21-19(22-26-17)14-5-7-15(20)8-6-14/h2-11H,12H2,1H3/b11-4+. The van der Waals surface area contributed by atoms with Crippen molar-refractivity contribution in [2.24, 2.45) is 0 Å². The first kappa shape index (κ1) is 17.3. The van der Waals surface area contributed by atoms with Gasteiger partial charge in [-0.15, -0.1) is 0 Å². The van der Waals surface area contributed by atoms with Gasteiger partial charge in [-0.25, -0.2) is 9.18 Å². The van der Waals surface area contributed by atoms with E-state index in [1.54, 1.807) is 25.3 Å². The summed E-state index contributed by atoms with van der Waals surface area (Å²) in [4.78, 5) is 15.9. The van der Waals surface area contributed by atoms with Crippen molar-refractivity contribution in [3.8, 4) is 17.1 Å². The summed E-state index contributed by atoms with van der Waals surface area (Å²) in [5, 5.41) is 3.77. The Kier molecular flexibility index (Phi) is 5.38. The van der Waals surface area contributed by atoms with Gasteiger partial charge in [0.15, 0.2) is 6.61 Å². The maximum Gasteiger partial charge on any atom is 0.331 e. The Bertz CT molecular complexity index is 902. The maximum absolute atomic E-state index is 12.9. The number of ether oxygens (including phenoxy) is 2. The SMILES string of the molecule is COc1ccc(/C=C/C(=O)OCc2nc(-c3ccc(F)cc3)no2)cc1. The van der Waals surface area contributed by atoms with Gasteiger partial charge in [0.2, 0.25) is 5.82 Å². The zero-order valence-electron chi connectivity index (χ0n) is 13.9. The summed E-state index contributed by atoms with van der Waals surface area (Å²) in [6.45, 7) is -0.153. The number of rotatable bonds is 6. The second-order valence-electron chi connectivity index (χ2n) is 5.23. The number of nitrogens with zero attached hydrogens (tertiary/aromatic N) is 2. The summed E-state index contributed by atoms with van der Waals surface area (Å²) in [6.07, 6.45) is 2.93. The predicted molar refractivity (Wildman–Crippen MR) is 91.5 cm³/mol. The minimum Gasteiger partial charge on any atom is -0.497 e. The van der Waals surface area contributed by atoms with Gasteiger partial charge in [0.05, 0.1) is 7.11 Å². The molecule has 0 unspecified atom stereocenters. The summed E-state index contributed by atoms with van der Waals surface area (Å²) in [7, 11) is 1.58. The van der Waals surface area contributed by atoms with E-state index < -0.39 is 5.97 Å². The summed E-state index contributed by atoms with van der Waals surface area (Å²) >= 11 is 0. The number of benzene rings is 2. The van der Waals surface area contributed by atoms with Crippen LogP contribution in [-0.4, -0.2) is 23.2 Å². The fourth-order valence-electron chi connectivity index (χ4n) is 2.09. The van der Waals surface area contributed by atoms with E-state index in [0.717, 1.165) is 11.3 Å². The smallest absolute Gasteiger partial charge is 0.331 e. The van der Waals surface area contributed by atoms with Gasteiger partial charge < -0.3 is 14.0 Å². The van der Waals surface area contributed by atoms with Crippen molar-refractivity contribution < 1.29 is 23.2 Å². The quantitative estimate of drug-likeness (QED) is 0.497. The Labute approximate surface area is 148 Å². The summed E-state index contributed by atoms with van der Waals surface area (Å²) in [6, 6.07) is 12.9. The number of esters is 1. The third-order valence-corrected chi connectivity index (χ3v) is 3.44. The van der Waals surface area contributed by atoms with Crippen molar-refractivity contribution in [2.75, 3.05) is 7.11 Å². The maximum atomic E-state index is 12.9. The highest BCUT2D eigenvalue weighted by atomic mass is 19.1. The molecule has 0 bridgehead atoms. The van der Waals surface area contributed by atoms with E-state index in [-0.39, 0.29) is 18.3 Å². The normalized spacial score (nSPS) is 10.8. The molecule has 0 saturated carbocycles. The second-order valence-corrected chi connectivity index (χ2v) is 5.23. The van der Waals surface area contributed by atoms with Crippen molar-refractivity contribution in [3.05, 3.63) is 71.9 Å². The van der Waals surface area contributed by atoms with Crippen molar-refractivity contribution in [2.45, 2.75) is 6.61 Å². The van der Waals surface area contributed by atoms with Crippen LogP contribution in [0.3, 0.4) is 0 Å². The van der Waals surface area contributed by atoms with Gasteiger partial charge >= 0.3 is 5.97 Å². The van der Waals surface area contributed by atoms with Crippen LogP contribution in [0.25, 0.3) is 17.5 Å². The Morgan fingerprint density at radius 3 is 2.58 bits per heavy atom. The van der Waals surface area contributed by atoms with Crippen LogP contribution < -0.4 is 4.74 Å². The number of carbonyl (C=O) groups is 1. The monoisotopic (exact) mass is 354 g/mol. The first-order valence-electron chi connectivity index (χ1n) is 7.71. The van der Waals surface area contributed by atoms with Crippen molar-refractivity contribution in [3.63, 3.8) is 0 Å². The molecule has 1 aromatic heterocycles. The van der Waals surface area contributed by atoms with Crippen molar-refractivity contribution in [1.29, 1.82) is 0 Å². The van der Waals surface area contributed by atoms with Crippen molar-refractivity contribution in [1.82, 2.24) is 10.1 Å². The van der Waals surface area contributed by atoms with Crippen molar-refractivity contribution >= 4 is 12.0 Å². The fraction of sp³-hybridized carbons (Fsp3) is 0.105. The molecule has 0 amide bonds. The number of hydrogen-bond acceptors (Lipinski definition) is 6. The van der Waals surface area contributed by atoms with Crippen LogP contribution in [0.2, 0.25) is 0 Å². The molecule has 0 aliphatic heterocycles. The molecular formula is C19H15FN2O4. The number of aromatic nitrogens is 2. The zero-order valence-corrected chi connectivity index (χ0v) is 13.9. The molecule has 26 heavy (non-hydrogen) atoms. The van der Waals surface area contributed by atoms with Gasteiger partial charge in [-0.3, -0.25) is 0 Å². The number of halogens is 1. The van der Waals surface area contributed by atoms with Crippen LogP contribution in [0.15, 0.2) is 59.1 Å². The van der Waals surface area contributed by atoms with Crippen LogP contribution in [0.5, 0.6) is 5.75 Å². The molecule has 1 heterocycles. The fourth-order valence-corrected chi connectivity index (χ4v) is 2.09. The molecule has 132 valence electrons. The number of hydrogen-bond donors (Lipinski definition) is 0. The van der Waals surface area contributed by atoms with Gasteiger partial charge in [-0.05, 0) is 48.0 Å². The molecular weight excluding hydrogens is 339 g/mol. The lowest BCUT2D eigenvalue weighted by Crippen LogP contribution is -2.01. The van der Waals surface area contributed by atoms with E-state index in [9.17, 15) is 9.18 Å². The molecule has 0 N–H and O–H groups in total. The summed E-state index contributed by atoms with van der Waals surface area (Å²) < 4.78 is 28.1. The highest BCUT2D eigenvalue weighted by Crippen LogP contribution is 2.16. The molecule has 3 rings (SSSR count). The molecule has 6 nitrogen and oxygen atoms in total. The Morgan fingerprint density at radius 1 is 1.15 bits per heavy atom. The Balaban J connectivity index is 1.54. The van der Waals surface area contributed by atoms with Crippen LogP contribution in [0, 0.1) is 5.82 Å². The van der Waals surface area contributed by atoms with Gasteiger partial charge in [0.25, 0.3) is 5.89 Å². The van der Waals surface area contributed by atoms with Gasteiger partial charge in [-0.2, -0.15) is 4.98 Å². The van der Waals surface area contributed by atoms with Crippen LogP contribution in [0.1, 0.15) is 11.5 Å². The summed E-state index contributed by atoms with van der Waals surface area (Å²) in [5.41, 5.74) is 1.44. The Morgan fingerprint density at radius 2 is 1.88 bits per heavy atom. The molecule has 0 atom stereocenters. The molecule has 0 fully saturated rings. The number of methoxy groups -OCH3 is 1. The van der Waals surface area contributed by atoms with E-state index in [0.29, 0.717) is 11.4 Å². The molecule has 0 spiro atoms. The van der Waals surface area contributed by atoms with E-state index in [1.165, 1.54) is 30.3 Å². The first-order chi connectivity index (χ1) is 12.6. The van der Waals surface area contributed by atoms with Gasteiger partial charge in [0.1, 0.15) is 11.6 Å². The second kappa shape index (κ2) is 8.06. The highest BCUT2D eigenvalue weighted by Gasteiger charge is 2.10. The third-order valence-electron chi connectivity index (χ3n) is 3.44. The van der Waals surface area contributed by atoms with Crippen LogP contribution in [0.4, 0.5) is 4.39 Å². The zero-order chi connectivity index (χ0) is 18.4. The highest BCUT2D eigenvalue weighted by molar-refractivity contribution is 5.87. The lowest BCUT2D eigenvalue weighted by molar-refractivity contribution is -0.139. The molecule has 0 radical (unpaired) electrons. The lowest BCUT2D eigenvalue weighted by Gasteiger charge is -1.99. The molecule has 3 aromatic rings. The molecule has 7 heteroatoms. The van der Waals surface area contributed by atoms with E-state index in [2.05, 4.69) is 10.1 Å². The average Bonchev–Trinajstić information content (AvgIpc) is 3.14. The minimum absolute atomic E-state index is 0.149. The lowest BCUT2D eigenvalue weighted by atomic mass is 10.2. The van der Waals surface area contributed by atoms with Crippen LogP contribution >= 0.6 is 0 Å². The van der Waals surface area contributed by atoms with Gasteiger partial charge in [-0.1, -0.05) is 17.3 Å². The molecule has 0 aliphatic carbocycles. The largest absolute Gasteiger partial charge is 0.497 e.